The lowest BCUT2D eigenvalue weighted by Crippen LogP contribution is -2.25. The molecular formula is C20H26N2O3S. The molecule has 0 heterocycles. The molecule has 0 spiro atoms. The number of carbonyl (C=O) groups excluding carboxylic acids is 1. The van der Waals surface area contributed by atoms with E-state index in [9.17, 15) is 4.79 Å². The molecule has 2 rings (SSSR count). The van der Waals surface area contributed by atoms with Crippen molar-refractivity contribution in [2.75, 3.05) is 34.0 Å². The minimum absolute atomic E-state index is 0.166. The fourth-order valence-corrected chi connectivity index (χ4v) is 2.81. The van der Waals surface area contributed by atoms with Gasteiger partial charge in [-0.15, -0.1) is 11.8 Å². The SMILES string of the molecule is CNC(CCOc1ccc(SC)cc1)c1ccc(OC(=O)N(C)C)cc1. The zero-order valence-electron chi connectivity index (χ0n) is 15.7. The van der Waals surface area contributed by atoms with Gasteiger partial charge in [0, 0.05) is 31.5 Å². The predicted octanol–water partition coefficient (Wildman–Crippen LogP) is 4.20. The van der Waals surface area contributed by atoms with E-state index in [1.807, 2.05) is 43.4 Å². The third-order valence-electron chi connectivity index (χ3n) is 3.94. The number of nitrogens with zero attached hydrogens (tertiary/aromatic N) is 1. The van der Waals surface area contributed by atoms with Crippen molar-refractivity contribution in [3.8, 4) is 11.5 Å². The molecule has 0 fully saturated rings. The molecule has 2 aromatic rings. The first-order valence-electron chi connectivity index (χ1n) is 8.46. The zero-order chi connectivity index (χ0) is 18.9. The van der Waals surface area contributed by atoms with Crippen LogP contribution in [-0.4, -0.2) is 45.0 Å². The van der Waals surface area contributed by atoms with Gasteiger partial charge in [-0.1, -0.05) is 12.1 Å². The number of amides is 1. The Morgan fingerprint density at radius 3 is 2.23 bits per heavy atom. The van der Waals surface area contributed by atoms with Gasteiger partial charge < -0.3 is 19.7 Å². The van der Waals surface area contributed by atoms with Gasteiger partial charge in [0.05, 0.1) is 6.61 Å². The molecule has 6 heteroatoms. The highest BCUT2D eigenvalue weighted by molar-refractivity contribution is 7.98. The molecule has 0 saturated carbocycles. The van der Waals surface area contributed by atoms with E-state index >= 15 is 0 Å². The first-order chi connectivity index (χ1) is 12.5. The number of rotatable bonds is 8. The van der Waals surface area contributed by atoms with E-state index in [1.54, 1.807) is 25.9 Å². The molecule has 1 N–H and O–H groups in total. The lowest BCUT2D eigenvalue weighted by molar-refractivity contribution is 0.172. The Morgan fingerprint density at radius 2 is 1.69 bits per heavy atom. The van der Waals surface area contributed by atoms with E-state index < -0.39 is 0 Å². The van der Waals surface area contributed by atoms with Crippen LogP contribution in [0.5, 0.6) is 11.5 Å². The van der Waals surface area contributed by atoms with E-state index in [0.717, 1.165) is 17.7 Å². The molecule has 0 aromatic heterocycles. The normalized spacial score (nSPS) is 11.7. The van der Waals surface area contributed by atoms with Crippen molar-refractivity contribution in [2.45, 2.75) is 17.4 Å². The van der Waals surface area contributed by atoms with E-state index in [2.05, 4.69) is 23.7 Å². The summed E-state index contributed by atoms with van der Waals surface area (Å²) in [6, 6.07) is 15.8. The highest BCUT2D eigenvalue weighted by atomic mass is 32.2. The van der Waals surface area contributed by atoms with Crippen LogP contribution in [0.3, 0.4) is 0 Å². The topological polar surface area (TPSA) is 50.8 Å². The Morgan fingerprint density at radius 1 is 1.08 bits per heavy atom. The van der Waals surface area contributed by atoms with Crippen LogP contribution in [0.4, 0.5) is 4.79 Å². The number of carbonyl (C=O) groups is 1. The van der Waals surface area contributed by atoms with Crippen LogP contribution >= 0.6 is 11.8 Å². The summed E-state index contributed by atoms with van der Waals surface area (Å²) in [5.74, 6) is 1.41. The number of benzene rings is 2. The summed E-state index contributed by atoms with van der Waals surface area (Å²) in [5.41, 5.74) is 1.12. The average molecular weight is 375 g/mol. The summed E-state index contributed by atoms with van der Waals surface area (Å²) in [4.78, 5) is 14.2. The predicted molar refractivity (Wildman–Crippen MR) is 106 cm³/mol. The molecule has 0 saturated heterocycles. The number of ether oxygens (including phenoxy) is 2. The summed E-state index contributed by atoms with van der Waals surface area (Å²) in [6.45, 7) is 0.613. The van der Waals surface area contributed by atoms with Gasteiger partial charge in [0.25, 0.3) is 0 Å². The second-order valence-corrected chi connectivity index (χ2v) is 6.87. The van der Waals surface area contributed by atoms with Gasteiger partial charge in [-0.2, -0.15) is 0 Å². The first kappa shape index (κ1) is 20.1. The summed E-state index contributed by atoms with van der Waals surface area (Å²) < 4.78 is 11.1. The third-order valence-corrected chi connectivity index (χ3v) is 4.68. The first-order valence-corrected chi connectivity index (χ1v) is 9.69. The molecule has 0 aliphatic carbocycles. The molecule has 0 bridgehead atoms. The molecule has 1 unspecified atom stereocenters. The summed E-state index contributed by atoms with van der Waals surface area (Å²) in [7, 11) is 5.24. The smallest absolute Gasteiger partial charge is 0.414 e. The Labute approximate surface area is 159 Å². The lowest BCUT2D eigenvalue weighted by atomic mass is 10.0. The summed E-state index contributed by atoms with van der Waals surface area (Å²) in [5, 5.41) is 3.30. The number of nitrogens with one attached hydrogen (secondary N) is 1. The number of hydrogen-bond donors (Lipinski definition) is 1. The average Bonchev–Trinajstić information content (AvgIpc) is 2.66. The van der Waals surface area contributed by atoms with Crippen LogP contribution in [0.25, 0.3) is 0 Å². The molecule has 0 aliphatic rings. The molecule has 140 valence electrons. The van der Waals surface area contributed by atoms with Crippen molar-refractivity contribution in [3.05, 3.63) is 54.1 Å². The lowest BCUT2D eigenvalue weighted by Gasteiger charge is -2.18. The van der Waals surface area contributed by atoms with Gasteiger partial charge in [0.15, 0.2) is 0 Å². The fraction of sp³-hybridized carbons (Fsp3) is 0.350. The minimum atomic E-state index is -0.385. The molecule has 0 aliphatic heterocycles. The summed E-state index contributed by atoms with van der Waals surface area (Å²) in [6.07, 6.45) is 2.50. The van der Waals surface area contributed by atoms with E-state index in [1.165, 1.54) is 9.80 Å². The quantitative estimate of drug-likeness (QED) is 0.702. The molecule has 2 aromatic carbocycles. The van der Waals surface area contributed by atoms with Crippen LogP contribution in [0.1, 0.15) is 18.0 Å². The second-order valence-electron chi connectivity index (χ2n) is 5.99. The maximum atomic E-state index is 11.6. The monoisotopic (exact) mass is 374 g/mol. The molecule has 1 atom stereocenters. The van der Waals surface area contributed by atoms with Crippen molar-refractivity contribution in [2.24, 2.45) is 0 Å². The highest BCUT2D eigenvalue weighted by Crippen LogP contribution is 2.22. The second kappa shape index (κ2) is 10.1. The van der Waals surface area contributed by atoms with E-state index in [4.69, 9.17) is 9.47 Å². The van der Waals surface area contributed by atoms with Crippen LogP contribution in [0, 0.1) is 0 Å². The molecule has 1 amide bonds. The van der Waals surface area contributed by atoms with Crippen LogP contribution in [0.2, 0.25) is 0 Å². The maximum Gasteiger partial charge on any atom is 0.414 e. The number of hydrogen-bond acceptors (Lipinski definition) is 5. The molecule has 26 heavy (non-hydrogen) atoms. The van der Waals surface area contributed by atoms with E-state index in [0.29, 0.717) is 12.4 Å². The fourth-order valence-electron chi connectivity index (χ4n) is 2.40. The van der Waals surface area contributed by atoms with Gasteiger partial charge in [-0.05, 0) is 55.3 Å². The zero-order valence-corrected chi connectivity index (χ0v) is 16.5. The minimum Gasteiger partial charge on any atom is -0.494 e. The largest absolute Gasteiger partial charge is 0.494 e. The van der Waals surface area contributed by atoms with Gasteiger partial charge in [-0.3, -0.25) is 0 Å². The Bertz CT molecular complexity index is 687. The Kier molecular flexibility index (Phi) is 7.81. The van der Waals surface area contributed by atoms with Crippen molar-refractivity contribution in [1.29, 1.82) is 0 Å². The van der Waals surface area contributed by atoms with Crippen molar-refractivity contribution in [3.63, 3.8) is 0 Å². The van der Waals surface area contributed by atoms with Gasteiger partial charge in [-0.25, -0.2) is 4.79 Å². The van der Waals surface area contributed by atoms with Gasteiger partial charge in [0.2, 0.25) is 0 Å². The maximum absolute atomic E-state index is 11.6. The molecular weight excluding hydrogens is 348 g/mol. The van der Waals surface area contributed by atoms with E-state index in [-0.39, 0.29) is 12.1 Å². The van der Waals surface area contributed by atoms with Gasteiger partial charge >= 0.3 is 6.09 Å². The Hall–Kier alpha value is -2.18. The van der Waals surface area contributed by atoms with Crippen molar-refractivity contribution >= 4 is 17.9 Å². The highest BCUT2D eigenvalue weighted by Gasteiger charge is 2.11. The molecule has 5 nitrogen and oxygen atoms in total. The van der Waals surface area contributed by atoms with Crippen molar-refractivity contribution < 1.29 is 14.3 Å². The Balaban J connectivity index is 1.88. The number of thioether (sulfide) groups is 1. The molecule has 0 radical (unpaired) electrons. The van der Waals surface area contributed by atoms with Crippen LogP contribution in [0.15, 0.2) is 53.4 Å². The summed E-state index contributed by atoms with van der Waals surface area (Å²) >= 11 is 1.71. The van der Waals surface area contributed by atoms with Gasteiger partial charge in [0.1, 0.15) is 11.5 Å². The van der Waals surface area contributed by atoms with Crippen LogP contribution < -0.4 is 14.8 Å². The standard InChI is InChI=1S/C20H26N2O3S/c1-21-19(13-14-24-16-9-11-18(26-4)12-10-16)15-5-7-17(8-6-15)25-20(23)22(2)3/h5-12,19,21H,13-14H2,1-4H3. The van der Waals surface area contributed by atoms with Crippen molar-refractivity contribution in [1.82, 2.24) is 10.2 Å². The van der Waals surface area contributed by atoms with Crippen LogP contribution in [-0.2, 0) is 0 Å². The third kappa shape index (κ3) is 5.97.